The number of hydrogen-bond donors (Lipinski definition) is 1. The second-order valence-electron chi connectivity index (χ2n) is 2.81. The van der Waals surface area contributed by atoms with E-state index in [1.165, 1.54) is 32.4 Å². The van der Waals surface area contributed by atoms with Gasteiger partial charge in [-0.25, -0.2) is 9.18 Å². The number of hydrogen-bond acceptors (Lipinski definition) is 3. The number of aliphatic carboxylic acids is 1. The highest BCUT2D eigenvalue weighted by Crippen LogP contribution is 2.31. The summed E-state index contributed by atoms with van der Waals surface area (Å²) < 4.78 is 23.0. The molecule has 0 saturated carbocycles. The first-order chi connectivity index (χ1) is 7.10. The number of rotatable bonds is 4. The Morgan fingerprint density at radius 1 is 1.40 bits per heavy atom. The van der Waals surface area contributed by atoms with Crippen LogP contribution < -0.4 is 9.47 Å². The molecule has 1 unspecified atom stereocenters. The fourth-order valence-corrected chi connectivity index (χ4v) is 1.16. The van der Waals surface area contributed by atoms with Gasteiger partial charge in [-0.3, -0.25) is 0 Å². The summed E-state index contributed by atoms with van der Waals surface area (Å²) in [7, 11) is 2.80. The first kappa shape index (κ1) is 11.3. The van der Waals surface area contributed by atoms with E-state index in [9.17, 15) is 9.18 Å². The Labute approximate surface area is 86.2 Å². The Morgan fingerprint density at radius 3 is 2.53 bits per heavy atom. The maximum absolute atomic E-state index is 13.2. The molecular formula is C10H11FO4. The average molecular weight is 214 g/mol. The molecule has 1 aromatic carbocycles. The van der Waals surface area contributed by atoms with Gasteiger partial charge in [-0.1, -0.05) is 0 Å². The number of alkyl halides is 1. The molecule has 1 N–H and O–H groups in total. The molecule has 15 heavy (non-hydrogen) atoms. The Morgan fingerprint density at radius 2 is 2.07 bits per heavy atom. The van der Waals surface area contributed by atoms with Crippen molar-refractivity contribution < 1.29 is 23.8 Å². The summed E-state index contributed by atoms with van der Waals surface area (Å²) in [6, 6.07) is 4.24. The van der Waals surface area contributed by atoms with Crippen LogP contribution in [0.1, 0.15) is 11.7 Å². The normalized spacial score (nSPS) is 11.9. The van der Waals surface area contributed by atoms with Gasteiger partial charge in [-0.2, -0.15) is 0 Å². The van der Waals surface area contributed by atoms with E-state index in [1.54, 1.807) is 0 Å². The lowest BCUT2D eigenvalue weighted by atomic mass is 10.1. The van der Waals surface area contributed by atoms with Crippen molar-refractivity contribution >= 4 is 5.97 Å². The molecule has 0 fully saturated rings. The number of methoxy groups -OCH3 is 2. The molecule has 0 radical (unpaired) electrons. The van der Waals surface area contributed by atoms with Crippen LogP contribution >= 0.6 is 0 Å². The van der Waals surface area contributed by atoms with Crippen LogP contribution in [0.2, 0.25) is 0 Å². The van der Waals surface area contributed by atoms with Crippen LogP contribution in [0, 0.1) is 0 Å². The summed E-state index contributed by atoms with van der Waals surface area (Å²) in [4.78, 5) is 10.5. The molecule has 0 bridgehead atoms. The molecule has 0 spiro atoms. The van der Waals surface area contributed by atoms with Crippen molar-refractivity contribution in [1.29, 1.82) is 0 Å². The summed E-state index contributed by atoms with van der Waals surface area (Å²) in [5.74, 6) is -0.907. The highest BCUT2D eigenvalue weighted by Gasteiger charge is 2.22. The van der Waals surface area contributed by atoms with Crippen LogP contribution in [0.15, 0.2) is 18.2 Å². The molecule has 0 aliphatic heterocycles. The number of carboxylic acids is 1. The molecule has 1 aromatic rings. The number of benzene rings is 1. The van der Waals surface area contributed by atoms with Crippen LogP contribution in [0.4, 0.5) is 4.39 Å². The Hall–Kier alpha value is -1.78. The Balaban J connectivity index is 3.12. The fourth-order valence-electron chi connectivity index (χ4n) is 1.16. The van der Waals surface area contributed by atoms with Gasteiger partial charge in [0.25, 0.3) is 0 Å². The van der Waals surface area contributed by atoms with Gasteiger partial charge in [0, 0.05) is 11.6 Å². The topological polar surface area (TPSA) is 55.8 Å². The molecule has 1 rings (SSSR count). The molecule has 5 heteroatoms. The van der Waals surface area contributed by atoms with Crippen LogP contribution in [-0.4, -0.2) is 25.3 Å². The fraction of sp³-hybridized carbons (Fsp3) is 0.300. The van der Waals surface area contributed by atoms with Gasteiger partial charge in [0.1, 0.15) is 11.5 Å². The van der Waals surface area contributed by atoms with E-state index in [0.717, 1.165) is 0 Å². The van der Waals surface area contributed by atoms with E-state index in [1.807, 2.05) is 0 Å². The second kappa shape index (κ2) is 4.63. The summed E-state index contributed by atoms with van der Waals surface area (Å²) in [6.45, 7) is 0. The van der Waals surface area contributed by atoms with E-state index in [0.29, 0.717) is 5.75 Å². The first-order valence-electron chi connectivity index (χ1n) is 4.19. The lowest BCUT2D eigenvalue weighted by Gasteiger charge is -2.10. The maximum Gasteiger partial charge on any atom is 0.343 e. The molecule has 82 valence electrons. The molecule has 0 aliphatic rings. The minimum Gasteiger partial charge on any atom is -0.497 e. The van der Waals surface area contributed by atoms with Crippen LogP contribution in [-0.2, 0) is 4.79 Å². The van der Waals surface area contributed by atoms with Crippen LogP contribution in [0.25, 0.3) is 0 Å². The summed E-state index contributed by atoms with van der Waals surface area (Å²) in [5.41, 5.74) is -0.0224. The molecule has 0 saturated heterocycles. The van der Waals surface area contributed by atoms with Gasteiger partial charge in [-0.15, -0.1) is 0 Å². The standard InChI is InChI=1S/C10H11FO4/c1-14-6-3-4-7(8(5-6)15-2)9(11)10(12)13/h3-5,9H,1-2H3,(H,12,13). The molecule has 0 amide bonds. The van der Waals surface area contributed by atoms with Crippen molar-refractivity contribution in [2.45, 2.75) is 6.17 Å². The van der Waals surface area contributed by atoms with Gasteiger partial charge >= 0.3 is 5.97 Å². The summed E-state index contributed by atoms with van der Waals surface area (Å²) >= 11 is 0. The third-order valence-corrected chi connectivity index (χ3v) is 1.93. The molecule has 4 nitrogen and oxygen atoms in total. The zero-order valence-electron chi connectivity index (χ0n) is 8.36. The van der Waals surface area contributed by atoms with Gasteiger partial charge in [-0.05, 0) is 12.1 Å². The minimum atomic E-state index is -2.09. The molecule has 1 atom stereocenters. The van der Waals surface area contributed by atoms with Gasteiger partial charge < -0.3 is 14.6 Å². The average Bonchev–Trinajstić information content (AvgIpc) is 2.27. The minimum absolute atomic E-state index is 0.0224. The highest BCUT2D eigenvalue weighted by atomic mass is 19.1. The summed E-state index contributed by atoms with van der Waals surface area (Å²) in [5, 5.41) is 8.52. The SMILES string of the molecule is COc1ccc(C(F)C(=O)O)c(OC)c1. The number of halogens is 1. The number of carbonyl (C=O) groups is 1. The Bertz CT molecular complexity index is 364. The quantitative estimate of drug-likeness (QED) is 0.830. The lowest BCUT2D eigenvalue weighted by Crippen LogP contribution is -2.07. The van der Waals surface area contributed by atoms with Crippen molar-refractivity contribution in [2.24, 2.45) is 0 Å². The van der Waals surface area contributed by atoms with E-state index in [2.05, 4.69) is 0 Å². The monoisotopic (exact) mass is 214 g/mol. The third kappa shape index (κ3) is 2.37. The van der Waals surface area contributed by atoms with Gasteiger partial charge in [0.15, 0.2) is 0 Å². The van der Waals surface area contributed by atoms with Crippen molar-refractivity contribution in [3.8, 4) is 11.5 Å². The molecular weight excluding hydrogens is 203 g/mol. The first-order valence-corrected chi connectivity index (χ1v) is 4.19. The molecule has 0 aromatic heterocycles. The molecule has 0 aliphatic carbocycles. The number of carboxylic acid groups (broad SMARTS) is 1. The van der Waals surface area contributed by atoms with Crippen molar-refractivity contribution in [3.63, 3.8) is 0 Å². The van der Waals surface area contributed by atoms with E-state index >= 15 is 0 Å². The lowest BCUT2D eigenvalue weighted by molar-refractivity contribution is -0.143. The van der Waals surface area contributed by atoms with Crippen molar-refractivity contribution in [1.82, 2.24) is 0 Å². The largest absolute Gasteiger partial charge is 0.497 e. The maximum atomic E-state index is 13.2. The Kier molecular flexibility index (Phi) is 3.49. The highest BCUT2D eigenvalue weighted by molar-refractivity contribution is 5.75. The zero-order chi connectivity index (χ0) is 11.4. The number of ether oxygens (including phenoxy) is 2. The summed E-state index contributed by atoms with van der Waals surface area (Å²) in [6.07, 6.45) is -2.09. The van der Waals surface area contributed by atoms with E-state index in [-0.39, 0.29) is 11.3 Å². The smallest absolute Gasteiger partial charge is 0.343 e. The van der Waals surface area contributed by atoms with E-state index < -0.39 is 12.1 Å². The zero-order valence-corrected chi connectivity index (χ0v) is 8.36. The predicted octanol–water partition coefficient (Wildman–Crippen LogP) is 1.80. The van der Waals surface area contributed by atoms with E-state index in [4.69, 9.17) is 14.6 Å². The van der Waals surface area contributed by atoms with Crippen molar-refractivity contribution in [2.75, 3.05) is 14.2 Å². The van der Waals surface area contributed by atoms with Gasteiger partial charge in [0.2, 0.25) is 6.17 Å². The molecule has 0 heterocycles. The third-order valence-electron chi connectivity index (χ3n) is 1.93. The van der Waals surface area contributed by atoms with Crippen LogP contribution in [0.5, 0.6) is 11.5 Å². The predicted molar refractivity (Wildman–Crippen MR) is 51.0 cm³/mol. The van der Waals surface area contributed by atoms with Crippen LogP contribution in [0.3, 0.4) is 0 Å². The second-order valence-corrected chi connectivity index (χ2v) is 2.81. The van der Waals surface area contributed by atoms with Gasteiger partial charge in [0.05, 0.1) is 14.2 Å². The van der Waals surface area contributed by atoms with Crippen molar-refractivity contribution in [3.05, 3.63) is 23.8 Å².